The molecule has 1 nitrogen and oxygen atoms in total. The molecule has 0 atom stereocenters. The number of hydrogen-bond donors (Lipinski definition) is 0. The summed E-state index contributed by atoms with van der Waals surface area (Å²) in [6.45, 7) is 9.55. The van der Waals surface area contributed by atoms with Gasteiger partial charge in [0.2, 0.25) is 0 Å². The van der Waals surface area contributed by atoms with Gasteiger partial charge in [-0.15, -0.1) is 0 Å². The lowest BCUT2D eigenvalue weighted by molar-refractivity contribution is 0.360. The smallest absolute Gasteiger partial charge is 0.130 e. The number of hydrogen-bond acceptors (Lipinski definition) is 1. The molecule has 0 saturated carbocycles. The number of halogens is 1. The van der Waals surface area contributed by atoms with Crippen LogP contribution in [0.25, 0.3) is 5.57 Å². The fourth-order valence-corrected chi connectivity index (χ4v) is 1.12. The van der Waals surface area contributed by atoms with Gasteiger partial charge in [-0.05, 0) is 24.6 Å². The Kier molecular flexibility index (Phi) is 3.46. The molecular weight excluding hydrogens is 179 g/mol. The Balaban J connectivity index is 3.02. The second-order valence-corrected chi connectivity index (χ2v) is 3.02. The normalized spacial score (nSPS) is 9.57. The van der Waals surface area contributed by atoms with Crippen molar-refractivity contribution in [1.29, 1.82) is 0 Å². The predicted molar refractivity (Wildman–Crippen MR) is 56.8 cm³/mol. The molecule has 0 amide bonds. The highest BCUT2D eigenvalue weighted by Gasteiger charge is 2.05. The van der Waals surface area contributed by atoms with Crippen molar-refractivity contribution in [2.45, 2.75) is 6.92 Å². The van der Waals surface area contributed by atoms with Crippen molar-refractivity contribution < 1.29 is 9.13 Å². The molecule has 0 fully saturated rings. The van der Waals surface area contributed by atoms with E-state index in [1.807, 2.05) is 6.92 Å². The zero-order valence-electron chi connectivity index (χ0n) is 8.22. The van der Waals surface area contributed by atoms with E-state index in [0.717, 1.165) is 11.1 Å². The van der Waals surface area contributed by atoms with E-state index in [4.69, 9.17) is 4.74 Å². The number of allylic oxidation sites excluding steroid dienone is 1. The molecule has 74 valence electrons. The maximum absolute atomic E-state index is 12.9. The van der Waals surface area contributed by atoms with E-state index in [0.29, 0.717) is 12.4 Å². The molecule has 0 heterocycles. The van der Waals surface area contributed by atoms with Gasteiger partial charge in [0.15, 0.2) is 0 Å². The van der Waals surface area contributed by atoms with Crippen molar-refractivity contribution in [3.8, 4) is 5.75 Å². The summed E-state index contributed by atoms with van der Waals surface area (Å²) in [6.07, 6.45) is 1.62. The standard InChI is InChI=1S/C12H13FO/c1-4-7-14-12-8-10(13)5-6-11(12)9(2)3/h4-6,8H,1-2,7H2,3H3. The van der Waals surface area contributed by atoms with Crippen LogP contribution in [0.5, 0.6) is 5.75 Å². The Hall–Kier alpha value is -1.57. The highest BCUT2D eigenvalue weighted by molar-refractivity contribution is 5.67. The fraction of sp³-hybridized carbons (Fsp3) is 0.167. The van der Waals surface area contributed by atoms with E-state index in [2.05, 4.69) is 13.2 Å². The lowest BCUT2D eigenvalue weighted by Crippen LogP contribution is -1.96. The first-order valence-electron chi connectivity index (χ1n) is 4.34. The third-order valence-corrected chi connectivity index (χ3v) is 1.76. The van der Waals surface area contributed by atoms with E-state index >= 15 is 0 Å². The summed E-state index contributed by atoms with van der Waals surface area (Å²) in [7, 11) is 0. The molecule has 0 bridgehead atoms. The van der Waals surface area contributed by atoms with Gasteiger partial charge in [-0.2, -0.15) is 0 Å². The minimum atomic E-state index is -0.311. The third kappa shape index (κ3) is 2.46. The molecule has 1 rings (SSSR count). The lowest BCUT2D eigenvalue weighted by Gasteiger charge is -2.09. The molecule has 1 aromatic carbocycles. The van der Waals surface area contributed by atoms with Gasteiger partial charge in [0.25, 0.3) is 0 Å². The molecule has 0 spiro atoms. The quantitative estimate of drug-likeness (QED) is 0.664. The molecule has 0 aliphatic rings. The average Bonchev–Trinajstić information content (AvgIpc) is 2.14. The first kappa shape index (κ1) is 10.5. The summed E-state index contributed by atoms with van der Waals surface area (Å²) in [5.74, 6) is 0.200. The molecule has 0 unspecified atom stereocenters. The molecule has 0 N–H and O–H groups in total. The Bertz CT molecular complexity index is 355. The van der Waals surface area contributed by atoms with Gasteiger partial charge in [0.1, 0.15) is 18.2 Å². The maximum atomic E-state index is 12.9. The van der Waals surface area contributed by atoms with Crippen LogP contribution in [0.2, 0.25) is 0 Å². The van der Waals surface area contributed by atoms with Gasteiger partial charge >= 0.3 is 0 Å². The van der Waals surface area contributed by atoms with Crippen LogP contribution in [-0.2, 0) is 0 Å². The SMILES string of the molecule is C=CCOc1cc(F)ccc1C(=C)C. The first-order valence-corrected chi connectivity index (χ1v) is 4.34. The van der Waals surface area contributed by atoms with Gasteiger partial charge in [-0.3, -0.25) is 0 Å². The summed E-state index contributed by atoms with van der Waals surface area (Å²) >= 11 is 0. The van der Waals surface area contributed by atoms with Crippen molar-refractivity contribution in [3.05, 3.63) is 48.8 Å². The molecular formula is C12H13FO. The highest BCUT2D eigenvalue weighted by atomic mass is 19.1. The van der Waals surface area contributed by atoms with Crippen LogP contribution < -0.4 is 4.74 Å². The number of ether oxygens (including phenoxy) is 1. The van der Waals surface area contributed by atoms with Gasteiger partial charge in [-0.25, -0.2) is 4.39 Å². The van der Waals surface area contributed by atoms with Crippen molar-refractivity contribution in [2.24, 2.45) is 0 Å². The van der Waals surface area contributed by atoms with Gasteiger partial charge in [0.05, 0.1) is 0 Å². The summed E-state index contributed by atoms with van der Waals surface area (Å²) in [4.78, 5) is 0. The zero-order chi connectivity index (χ0) is 10.6. The lowest BCUT2D eigenvalue weighted by atomic mass is 10.1. The monoisotopic (exact) mass is 192 g/mol. The molecule has 14 heavy (non-hydrogen) atoms. The maximum Gasteiger partial charge on any atom is 0.130 e. The van der Waals surface area contributed by atoms with Crippen LogP contribution >= 0.6 is 0 Å². The van der Waals surface area contributed by atoms with Crippen LogP contribution in [-0.4, -0.2) is 6.61 Å². The van der Waals surface area contributed by atoms with Crippen LogP contribution in [0.15, 0.2) is 37.4 Å². The average molecular weight is 192 g/mol. The summed E-state index contributed by atoms with van der Waals surface area (Å²) in [6, 6.07) is 4.41. The van der Waals surface area contributed by atoms with E-state index in [1.54, 1.807) is 12.1 Å². The molecule has 0 radical (unpaired) electrons. The van der Waals surface area contributed by atoms with Crippen molar-refractivity contribution in [3.63, 3.8) is 0 Å². The summed E-state index contributed by atoms with van der Waals surface area (Å²) in [5.41, 5.74) is 1.68. The van der Waals surface area contributed by atoms with Crippen LogP contribution in [0.3, 0.4) is 0 Å². The Morgan fingerprint density at radius 1 is 1.57 bits per heavy atom. The van der Waals surface area contributed by atoms with Crippen LogP contribution in [0.4, 0.5) is 4.39 Å². The summed E-state index contributed by atoms with van der Waals surface area (Å²) < 4.78 is 18.2. The van der Waals surface area contributed by atoms with Gasteiger partial charge in [-0.1, -0.05) is 19.2 Å². The van der Waals surface area contributed by atoms with Gasteiger partial charge < -0.3 is 4.74 Å². The first-order chi connectivity index (χ1) is 6.65. The molecule has 2 heteroatoms. The minimum Gasteiger partial charge on any atom is -0.489 e. The Labute approximate surface area is 83.5 Å². The van der Waals surface area contributed by atoms with Crippen molar-refractivity contribution >= 4 is 5.57 Å². The van der Waals surface area contributed by atoms with E-state index in [-0.39, 0.29) is 5.82 Å². The number of benzene rings is 1. The second-order valence-electron chi connectivity index (χ2n) is 3.02. The second kappa shape index (κ2) is 4.61. The largest absolute Gasteiger partial charge is 0.489 e. The molecule has 0 aliphatic heterocycles. The highest BCUT2D eigenvalue weighted by Crippen LogP contribution is 2.25. The topological polar surface area (TPSA) is 9.23 Å². The van der Waals surface area contributed by atoms with Gasteiger partial charge in [0, 0.05) is 11.6 Å². The van der Waals surface area contributed by atoms with Crippen molar-refractivity contribution in [1.82, 2.24) is 0 Å². The molecule has 1 aromatic rings. The van der Waals surface area contributed by atoms with E-state index in [9.17, 15) is 4.39 Å². The summed E-state index contributed by atoms with van der Waals surface area (Å²) in [5, 5.41) is 0. The minimum absolute atomic E-state index is 0.311. The van der Waals surface area contributed by atoms with E-state index < -0.39 is 0 Å². The molecule has 0 saturated heterocycles. The Morgan fingerprint density at radius 2 is 2.29 bits per heavy atom. The van der Waals surface area contributed by atoms with E-state index in [1.165, 1.54) is 12.1 Å². The van der Waals surface area contributed by atoms with Crippen LogP contribution in [0, 0.1) is 5.82 Å². The molecule has 0 aliphatic carbocycles. The zero-order valence-corrected chi connectivity index (χ0v) is 8.22. The number of rotatable bonds is 4. The third-order valence-electron chi connectivity index (χ3n) is 1.76. The Morgan fingerprint density at radius 3 is 2.86 bits per heavy atom. The molecule has 0 aromatic heterocycles. The fourth-order valence-electron chi connectivity index (χ4n) is 1.12. The van der Waals surface area contributed by atoms with Crippen molar-refractivity contribution in [2.75, 3.05) is 6.61 Å². The van der Waals surface area contributed by atoms with Crippen LogP contribution in [0.1, 0.15) is 12.5 Å². The predicted octanol–water partition coefficient (Wildman–Crippen LogP) is 3.42.